The van der Waals surface area contributed by atoms with Crippen molar-refractivity contribution in [3.63, 3.8) is 0 Å². The number of carbonyl (C=O) groups is 1. The van der Waals surface area contributed by atoms with Crippen molar-refractivity contribution in [2.45, 2.75) is 43.5 Å². The maximum absolute atomic E-state index is 13.5. The lowest BCUT2D eigenvalue weighted by atomic mass is 9.86. The summed E-state index contributed by atoms with van der Waals surface area (Å²) in [4.78, 5) is 14.8. The Morgan fingerprint density at radius 1 is 1.10 bits per heavy atom. The molecule has 2 nitrogen and oxygen atoms in total. The summed E-state index contributed by atoms with van der Waals surface area (Å²) in [6.45, 7) is 5.95. The molecule has 0 spiro atoms. The Bertz CT molecular complexity index is 1020. The second-order valence-corrected chi connectivity index (χ2v) is 9.46. The van der Waals surface area contributed by atoms with Crippen molar-refractivity contribution < 1.29 is 18.0 Å². The van der Waals surface area contributed by atoms with Gasteiger partial charge in [-0.3, -0.25) is 4.79 Å². The molecule has 4 rings (SSSR count). The molecule has 1 saturated heterocycles. The van der Waals surface area contributed by atoms with Gasteiger partial charge in [-0.15, -0.1) is 11.8 Å². The van der Waals surface area contributed by atoms with Gasteiger partial charge in [0, 0.05) is 36.2 Å². The average Bonchev–Trinajstić information content (AvgIpc) is 2.90. The molecule has 0 aliphatic carbocycles. The van der Waals surface area contributed by atoms with Gasteiger partial charge in [-0.2, -0.15) is 13.2 Å². The van der Waals surface area contributed by atoms with Gasteiger partial charge < -0.3 is 4.90 Å². The van der Waals surface area contributed by atoms with Crippen LogP contribution >= 0.6 is 11.8 Å². The molecule has 2 heterocycles. The third kappa shape index (κ3) is 4.75. The van der Waals surface area contributed by atoms with Crippen LogP contribution in [0.15, 0.2) is 52.9 Å². The number of benzene rings is 2. The molecule has 0 N–H and O–H groups in total. The van der Waals surface area contributed by atoms with E-state index in [0.717, 1.165) is 59.8 Å². The van der Waals surface area contributed by atoms with Crippen LogP contribution in [0.4, 0.5) is 13.2 Å². The van der Waals surface area contributed by atoms with E-state index < -0.39 is 11.7 Å². The minimum absolute atomic E-state index is 0.000667. The predicted molar refractivity (Wildman–Crippen MR) is 119 cm³/mol. The van der Waals surface area contributed by atoms with E-state index in [9.17, 15) is 18.0 Å². The van der Waals surface area contributed by atoms with Crippen molar-refractivity contribution in [2.24, 2.45) is 5.92 Å². The van der Waals surface area contributed by atoms with E-state index in [1.165, 1.54) is 17.7 Å². The standard InChI is InChI=1S/C25H26F3NOS/c1-16(17(2)30)14-29-11-9-18(10-12-29)24-21-6-4-3-5-19(21)15-31-23-8-7-20(13-22(23)24)25(26,27)28/h3-8,13,16H,9-12,14-15H2,1-2H3. The molecule has 0 radical (unpaired) electrons. The lowest BCUT2D eigenvalue weighted by molar-refractivity contribution is -0.137. The van der Waals surface area contributed by atoms with Gasteiger partial charge >= 0.3 is 6.18 Å². The monoisotopic (exact) mass is 445 g/mol. The van der Waals surface area contributed by atoms with Crippen LogP contribution in [0.25, 0.3) is 5.57 Å². The second-order valence-electron chi connectivity index (χ2n) is 8.45. The number of alkyl halides is 3. The van der Waals surface area contributed by atoms with E-state index in [0.29, 0.717) is 5.56 Å². The molecular formula is C25H26F3NOS. The van der Waals surface area contributed by atoms with Crippen molar-refractivity contribution in [3.8, 4) is 0 Å². The SMILES string of the molecule is CC(=O)C(C)CN1CCC(=C2c3ccccc3CSc3ccc(C(F)(F)F)cc32)CC1. The number of piperidine rings is 1. The zero-order valence-electron chi connectivity index (χ0n) is 17.8. The van der Waals surface area contributed by atoms with Crippen LogP contribution in [0.1, 0.15) is 48.9 Å². The maximum atomic E-state index is 13.5. The number of Topliss-reactive ketones (excluding diaryl/α,β-unsaturated/α-hetero) is 1. The molecule has 2 aromatic carbocycles. The maximum Gasteiger partial charge on any atom is 0.416 e. The van der Waals surface area contributed by atoms with Crippen LogP contribution in [0.2, 0.25) is 0 Å². The lowest BCUT2D eigenvalue weighted by Gasteiger charge is -2.31. The highest BCUT2D eigenvalue weighted by Gasteiger charge is 2.33. The molecule has 2 aliphatic rings. The van der Waals surface area contributed by atoms with Gasteiger partial charge in [0.1, 0.15) is 5.78 Å². The minimum atomic E-state index is -4.37. The van der Waals surface area contributed by atoms with E-state index in [-0.39, 0.29) is 11.7 Å². The molecule has 0 bridgehead atoms. The van der Waals surface area contributed by atoms with Gasteiger partial charge in [-0.25, -0.2) is 0 Å². The fourth-order valence-corrected chi connectivity index (χ4v) is 5.41. The van der Waals surface area contributed by atoms with Crippen LogP contribution < -0.4 is 0 Å². The van der Waals surface area contributed by atoms with Gasteiger partial charge in [-0.05, 0) is 60.2 Å². The smallest absolute Gasteiger partial charge is 0.302 e. The number of thioether (sulfide) groups is 1. The molecule has 1 unspecified atom stereocenters. The number of hydrogen-bond acceptors (Lipinski definition) is 3. The predicted octanol–water partition coefficient (Wildman–Crippen LogP) is 6.43. The highest BCUT2D eigenvalue weighted by molar-refractivity contribution is 7.98. The van der Waals surface area contributed by atoms with Crippen LogP contribution in [-0.2, 0) is 16.7 Å². The van der Waals surface area contributed by atoms with Crippen LogP contribution in [0, 0.1) is 5.92 Å². The van der Waals surface area contributed by atoms with Crippen molar-refractivity contribution >= 4 is 23.1 Å². The first-order chi connectivity index (χ1) is 14.7. The van der Waals surface area contributed by atoms with E-state index in [1.807, 2.05) is 25.1 Å². The molecular weight excluding hydrogens is 419 g/mol. The largest absolute Gasteiger partial charge is 0.416 e. The third-order valence-electron chi connectivity index (χ3n) is 6.29. The first-order valence-corrected chi connectivity index (χ1v) is 11.6. The Morgan fingerprint density at radius 2 is 1.81 bits per heavy atom. The van der Waals surface area contributed by atoms with E-state index in [2.05, 4.69) is 11.0 Å². The zero-order chi connectivity index (χ0) is 22.2. The van der Waals surface area contributed by atoms with E-state index >= 15 is 0 Å². The van der Waals surface area contributed by atoms with Gasteiger partial charge in [0.05, 0.1) is 5.56 Å². The number of ketones is 1. The number of fused-ring (bicyclic) bond motifs is 2. The Balaban J connectivity index is 1.75. The highest BCUT2D eigenvalue weighted by Crippen LogP contribution is 2.45. The normalized spacial score (nSPS) is 18.2. The summed E-state index contributed by atoms with van der Waals surface area (Å²) in [6.07, 6.45) is -2.77. The van der Waals surface area contributed by atoms with Crippen LogP contribution in [0.5, 0.6) is 0 Å². The number of nitrogens with zero attached hydrogens (tertiary/aromatic N) is 1. The number of halogens is 3. The van der Waals surface area contributed by atoms with Gasteiger partial charge in [0.15, 0.2) is 0 Å². The molecule has 1 atom stereocenters. The van der Waals surface area contributed by atoms with Crippen LogP contribution in [0.3, 0.4) is 0 Å². The summed E-state index contributed by atoms with van der Waals surface area (Å²) >= 11 is 1.60. The fraction of sp³-hybridized carbons (Fsp3) is 0.400. The number of hydrogen-bond donors (Lipinski definition) is 0. The van der Waals surface area contributed by atoms with Crippen molar-refractivity contribution in [1.82, 2.24) is 4.90 Å². The molecule has 0 aromatic heterocycles. The zero-order valence-corrected chi connectivity index (χ0v) is 18.6. The summed E-state index contributed by atoms with van der Waals surface area (Å²) in [6, 6.07) is 12.2. The van der Waals surface area contributed by atoms with Crippen molar-refractivity contribution in [2.75, 3.05) is 19.6 Å². The second kappa shape index (κ2) is 8.83. The highest BCUT2D eigenvalue weighted by atomic mass is 32.2. The summed E-state index contributed by atoms with van der Waals surface area (Å²) in [5.41, 5.74) is 4.49. The average molecular weight is 446 g/mol. The molecule has 0 amide bonds. The van der Waals surface area contributed by atoms with E-state index in [1.54, 1.807) is 24.8 Å². The Hall–Kier alpha value is -2.05. The number of rotatable bonds is 3. The van der Waals surface area contributed by atoms with Gasteiger partial charge in [0.2, 0.25) is 0 Å². The molecule has 0 saturated carbocycles. The summed E-state index contributed by atoms with van der Waals surface area (Å²) < 4.78 is 40.5. The summed E-state index contributed by atoms with van der Waals surface area (Å²) in [5, 5.41) is 0. The fourth-order valence-electron chi connectivity index (χ4n) is 4.37. The van der Waals surface area contributed by atoms with E-state index in [4.69, 9.17) is 0 Å². The quantitative estimate of drug-likeness (QED) is 0.543. The van der Waals surface area contributed by atoms with Crippen molar-refractivity contribution in [1.29, 1.82) is 0 Å². The van der Waals surface area contributed by atoms with Gasteiger partial charge in [-0.1, -0.05) is 36.8 Å². The lowest BCUT2D eigenvalue weighted by Crippen LogP contribution is -2.36. The van der Waals surface area contributed by atoms with Crippen molar-refractivity contribution in [3.05, 3.63) is 70.3 Å². The minimum Gasteiger partial charge on any atom is -0.302 e. The summed E-state index contributed by atoms with van der Waals surface area (Å²) in [5.74, 6) is 0.930. The first-order valence-electron chi connectivity index (χ1n) is 10.6. The molecule has 1 fully saturated rings. The van der Waals surface area contributed by atoms with Gasteiger partial charge in [0.25, 0.3) is 0 Å². The first kappa shape index (κ1) is 22.2. The number of carbonyl (C=O) groups excluding carboxylic acids is 1. The topological polar surface area (TPSA) is 20.3 Å². The third-order valence-corrected chi connectivity index (χ3v) is 7.41. The molecule has 6 heteroatoms. The molecule has 2 aliphatic heterocycles. The molecule has 31 heavy (non-hydrogen) atoms. The Kier molecular flexibility index (Phi) is 6.31. The summed E-state index contributed by atoms with van der Waals surface area (Å²) in [7, 11) is 0. The Morgan fingerprint density at radius 3 is 2.48 bits per heavy atom. The number of likely N-dealkylation sites (tertiary alicyclic amines) is 1. The Labute approximate surface area is 185 Å². The molecule has 2 aromatic rings. The van der Waals surface area contributed by atoms with Crippen LogP contribution in [-0.4, -0.2) is 30.3 Å². The molecule has 164 valence electrons.